The zero-order valence-electron chi connectivity index (χ0n) is 20.2. The predicted molar refractivity (Wildman–Crippen MR) is 140 cm³/mol. The van der Waals surface area contributed by atoms with Crippen molar-refractivity contribution in [3.63, 3.8) is 0 Å². The standard InChI is InChI=1S/C24H28N6O7S/c25-24(26)27-10-4-5-11-37-18-9-8-17-12-16(13-21(31)30(17)15-18)22(32)28-14-20(23(33)34)29-38(35,36)19-6-2-1-3-7-19/h1-3,6-9,12-13,15,20,29H,4-5,10-11,14H2,(H,28,32)(H,33,34)(H4,25,26,27). The number of pyridine rings is 2. The van der Waals surface area contributed by atoms with Gasteiger partial charge in [0, 0.05) is 30.2 Å². The Bertz CT molecular complexity index is 1490. The van der Waals surface area contributed by atoms with E-state index in [0.717, 1.165) is 12.5 Å². The number of nitrogens with zero attached hydrogens (tertiary/aromatic N) is 2. The number of unbranched alkanes of at least 4 members (excludes halogenated alkanes) is 1. The maximum atomic E-state index is 12.7. The van der Waals surface area contributed by atoms with Crippen molar-refractivity contribution in [2.75, 3.05) is 19.7 Å². The Morgan fingerprint density at radius 1 is 1.08 bits per heavy atom. The van der Waals surface area contributed by atoms with Crippen molar-refractivity contribution in [1.82, 2.24) is 14.4 Å². The SMILES string of the molecule is NC(N)=NCCCCOc1ccc2cc(C(=O)NCC(NS(=O)(=O)c3ccccc3)C(=O)O)cc(=O)n2c1. The molecule has 1 unspecified atom stereocenters. The smallest absolute Gasteiger partial charge is 0.323 e. The summed E-state index contributed by atoms with van der Waals surface area (Å²) in [6, 6.07) is 11.4. The molecule has 13 nitrogen and oxygen atoms in total. The van der Waals surface area contributed by atoms with E-state index in [9.17, 15) is 27.9 Å². The Kier molecular flexibility index (Phi) is 9.40. The van der Waals surface area contributed by atoms with Gasteiger partial charge < -0.3 is 26.6 Å². The summed E-state index contributed by atoms with van der Waals surface area (Å²) in [5.41, 5.74) is 10.4. The van der Waals surface area contributed by atoms with E-state index in [1.807, 2.05) is 0 Å². The van der Waals surface area contributed by atoms with Crippen LogP contribution in [0.4, 0.5) is 0 Å². The van der Waals surface area contributed by atoms with E-state index in [1.54, 1.807) is 18.2 Å². The summed E-state index contributed by atoms with van der Waals surface area (Å²) < 4.78 is 33.9. The molecule has 7 N–H and O–H groups in total. The highest BCUT2D eigenvalue weighted by atomic mass is 32.2. The Labute approximate surface area is 218 Å². The molecule has 1 amide bonds. The van der Waals surface area contributed by atoms with Crippen molar-refractivity contribution >= 4 is 33.4 Å². The third-order valence-electron chi connectivity index (χ3n) is 5.27. The molecule has 0 aliphatic heterocycles. The average Bonchev–Trinajstić information content (AvgIpc) is 2.88. The van der Waals surface area contributed by atoms with Crippen LogP contribution in [0.2, 0.25) is 0 Å². The number of fused-ring (bicyclic) bond motifs is 1. The normalized spacial score (nSPS) is 12.0. The number of aromatic nitrogens is 1. The van der Waals surface area contributed by atoms with E-state index in [2.05, 4.69) is 15.0 Å². The van der Waals surface area contributed by atoms with E-state index in [4.69, 9.17) is 16.2 Å². The van der Waals surface area contributed by atoms with Crippen molar-refractivity contribution in [3.05, 3.63) is 76.7 Å². The first-order valence-electron chi connectivity index (χ1n) is 11.5. The van der Waals surface area contributed by atoms with Gasteiger partial charge in [-0.2, -0.15) is 4.72 Å². The third kappa shape index (κ3) is 7.78. The number of aliphatic imine (C=N–C) groups is 1. The first-order valence-corrected chi connectivity index (χ1v) is 13.0. The Morgan fingerprint density at radius 3 is 2.50 bits per heavy atom. The third-order valence-corrected chi connectivity index (χ3v) is 6.75. The van der Waals surface area contributed by atoms with Crippen LogP contribution in [0.15, 0.2) is 75.5 Å². The predicted octanol–water partition coefficient (Wildman–Crippen LogP) is -0.107. The monoisotopic (exact) mass is 544 g/mol. The number of amides is 1. The molecule has 0 radical (unpaired) electrons. The minimum absolute atomic E-state index is 0.0153. The van der Waals surface area contributed by atoms with Gasteiger partial charge in [-0.25, -0.2) is 8.42 Å². The second-order valence-electron chi connectivity index (χ2n) is 8.14. The number of benzene rings is 1. The van der Waals surface area contributed by atoms with Crippen LogP contribution in [0.5, 0.6) is 5.75 Å². The van der Waals surface area contributed by atoms with Gasteiger partial charge in [-0.1, -0.05) is 18.2 Å². The van der Waals surface area contributed by atoms with Gasteiger partial charge in [0.25, 0.3) is 11.5 Å². The Morgan fingerprint density at radius 2 is 1.82 bits per heavy atom. The minimum atomic E-state index is -4.13. The molecule has 202 valence electrons. The lowest BCUT2D eigenvalue weighted by molar-refractivity contribution is -0.138. The van der Waals surface area contributed by atoms with Gasteiger partial charge in [0.15, 0.2) is 5.96 Å². The highest BCUT2D eigenvalue weighted by Crippen LogP contribution is 2.14. The highest BCUT2D eigenvalue weighted by Gasteiger charge is 2.26. The van der Waals surface area contributed by atoms with Gasteiger partial charge in [0.2, 0.25) is 10.0 Å². The molecular formula is C24H28N6O7S. The molecule has 3 aromatic rings. The Balaban J connectivity index is 1.64. The molecule has 1 aromatic carbocycles. The van der Waals surface area contributed by atoms with Crippen molar-refractivity contribution in [2.24, 2.45) is 16.5 Å². The summed E-state index contributed by atoms with van der Waals surface area (Å²) in [5, 5.41) is 11.8. The molecule has 14 heteroatoms. The fraction of sp³-hybridized carbons (Fsp3) is 0.250. The van der Waals surface area contributed by atoms with Crippen LogP contribution in [-0.2, 0) is 14.8 Å². The second-order valence-corrected chi connectivity index (χ2v) is 9.85. The average molecular weight is 545 g/mol. The molecule has 38 heavy (non-hydrogen) atoms. The molecule has 1 atom stereocenters. The molecule has 0 bridgehead atoms. The lowest BCUT2D eigenvalue weighted by Gasteiger charge is -2.16. The van der Waals surface area contributed by atoms with E-state index in [1.165, 1.54) is 40.9 Å². The number of hydrogen-bond donors (Lipinski definition) is 5. The summed E-state index contributed by atoms with van der Waals surface area (Å²) in [5.74, 6) is -1.74. The number of ether oxygens (including phenoxy) is 1. The molecule has 2 aromatic heterocycles. The van der Waals surface area contributed by atoms with Crippen LogP contribution in [0, 0.1) is 0 Å². The summed E-state index contributed by atoms with van der Waals surface area (Å²) in [6.07, 6.45) is 2.91. The van der Waals surface area contributed by atoms with E-state index < -0.39 is 40.0 Å². The number of hydrogen-bond acceptors (Lipinski definition) is 7. The van der Waals surface area contributed by atoms with Gasteiger partial charge in [0.1, 0.15) is 11.8 Å². The fourth-order valence-corrected chi connectivity index (χ4v) is 4.57. The van der Waals surface area contributed by atoms with E-state index in [0.29, 0.717) is 30.8 Å². The van der Waals surface area contributed by atoms with Crippen LogP contribution in [0.25, 0.3) is 5.52 Å². The fourth-order valence-electron chi connectivity index (χ4n) is 3.36. The van der Waals surface area contributed by atoms with E-state index in [-0.39, 0.29) is 16.4 Å². The highest BCUT2D eigenvalue weighted by molar-refractivity contribution is 7.89. The number of aliphatic carboxylic acids is 1. The van der Waals surface area contributed by atoms with Crippen molar-refractivity contribution in [3.8, 4) is 5.75 Å². The largest absolute Gasteiger partial charge is 0.492 e. The number of rotatable bonds is 13. The minimum Gasteiger partial charge on any atom is -0.492 e. The van der Waals surface area contributed by atoms with Crippen molar-refractivity contribution < 1.29 is 27.9 Å². The van der Waals surface area contributed by atoms with Gasteiger partial charge in [-0.05, 0) is 43.2 Å². The van der Waals surface area contributed by atoms with Crippen LogP contribution >= 0.6 is 0 Å². The van der Waals surface area contributed by atoms with Crippen molar-refractivity contribution in [1.29, 1.82) is 0 Å². The van der Waals surface area contributed by atoms with Gasteiger partial charge in [0.05, 0.1) is 17.7 Å². The van der Waals surface area contributed by atoms with Gasteiger partial charge in [-0.3, -0.25) is 23.8 Å². The molecule has 0 aliphatic carbocycles. The van der Waals surface area contributed by atoms with Gasteiger partial charge >= 0.3 is 5.97 Å². The number of nitrogens with one attached hydrogen (secondary N) is 2. The molecule has 0 saturated heterocycles. The van der Waals surface area contributed by atoms with Crippen LogP contribution in [0.3, 0.4) is 0 Å². The maximum Gasteiger partial charge on any atom is 0.323 e. The lowest BCUT2D eigenvalue weighted by Crippen LogP contribution is -2.48. The number of guanidine groups is 1. The summed E-state index contributed by atoms with van der Waals surface area (Å²) >= 11 is 0. The number of carboxylic acids is 1. The first kappa shape index (κ1) is 28.1. The first-order chi connectivity index (χ1) is 18.1. The topological polar surface area (TPSA) is 208 Å². The molecule has 2 heterocycles. The summed E-state index contributed by atoms with van der Waals surface area (Å²) in [7, 11) is -4.13. The quantitative estimate of drug-likeness (QED) is 0.110. The number of nitrogens with two attached hydrogens (primary N) is 2. The number of carboxylic acid groups (broad SMARTS) is 1. The van der Waals surface area contributed by atoms with Crippen molar-refractivity contribution in [2.45, 2.75) is 23.8 Å². The van der Waals surface area contributed by atoms with Crippen LogP contribution in [-0.4, -0.2) is 61.5 Å². The zero-order valence-corrected chi connectivity index (χ0v) is 21.1. The zero-order chi connectivity index (χ0) is 27.7. The number of carbonyl (C=O) groups is 2. The maximum absolute atomic E-state index is 12.7. The molecule has 3 rings (SSSR count). The summed E-state index contributed by atoms with van der Waals surface area (Å²) in [4.78, 5) is 40.7. The molecule has 0 spiro atoms. The lowest BCUT2D eigenvalue weighted by atomic mass is 10.2. The summed E-state index contributed by atoms with van der Waals surface area (Å²) in [6.45, 7) is 0.328. The Hall–Kier alpha value is -4.43. The number of carbonyl (C=O) groups excluding carboxylic acids is 1. The van der Waals surface area contributed by atoms with Crippen LogP contribution in [0.1, 0.15) is 23.2 Å². The molecule has 0 aliphatic rings. The molecular weight excluding hydrogens is 516 g/mol. The molecule has 0 saturated carbocycles. The van der Waals surface area contributed by atoms with E-state index >= 15 is 0 Å². The van der Waals surface area contributed by atoms with Gasteiger partial charge in [-0.15, -0.1) is 0 Å². The van der Waals surface area contributed by atoms with Crippen LogP contribution < -0.4 is 31.8 Å². The molecule has 0 fully saturated rings. The second kappa shape index (κ2) is 12.7. The number of sulfonamides is 1.